The lowest BCUT2D eigenvalue weighted by molar-refractivity contribution is 0.384. The van der Waals surface area contributed by atoms with Crippen molar-refractivity contribution >= 4 is 11.6 Å². The van der Waals surface area contributed by atoms with Gasteiger partial charge in [-0.2, -0.15) is 0 Å². The summed E-state index contributed by atoms with van der Waals surface area (Å²) in [5.74, 6) is -1.71. The van der Waals surface area contributed by atoms with Crippen LogP contribution in [-0.4, -0.2) is 7.11 Å². The van der Waals surface area contributed by atoms with Crippen molar-refractivity contribution in [2.24, 2.45) is 0 Å². The molecule has 0 atom stereocenters. The third kappa shape index (κ3) is 1.43. The zero-order valence-electron chi connectivity index (χ0n) is 5.70. The minimum atomic E-state index is -0.867. The van der Waals surface area contributed by atoms with Crippen LogP contribution in [0.1, 0.15) is 0 Å². The van der Waals surface area contributed by atoms with E-state index in [2.05, 4.69) is 4.74 Å². The Labute approximate surface area is 67.5 Å². The molecule has 0 radical (unpaired) electrons. The molecule has 0 aromatic heterocycles. The summed E-state index contributed by atoms with van der Waals surface area (Å²) < 4.78 is 29.8. The van der Waals surface area contributed by atoms with Gasteiger partial charge in [-0.3, -0.25) is 0 Å². The fraction of sp³-hybridized carbons (Fsp3) is 0.143. The summed E-state index contributed by atoms with van der Waals surface area (Å²) in [5.41, 5.74) is 0. The molecule has 60 valence electrons. The van der Waals surface area contributed by atoms with E-state index in [1.807, 2.05) is 0 Å². The Hall–Kier alpha value is -0.830. The molecule has 1 aromatic rings. The van der Waals surface area contributed by atoms with E-state index >= 15 is 0 Å². The van der Waals surface area contributed by atoms with E-state index in [4.69, 9.17) is 11.6 Å². The van der Waals surface area contributed by atoms with E-state index in [1.54, 1.807) is 0 Å². The van der Waals surface area contributed by atoms with Crippen molar-refractivity contribution in [2.75, 3.05) is 7.11 Å². The molecule has 1 aromatic carbocycles. The standard InChI is InChI=1S/C7H5ClF2O/c1-11-5-3-2-4(9)6(8)7(5)10/h2-3H,1H3. The molecule has 1 nitrogen and oxygen atoms in total. The van der Waals surface area contributed by atoms with Crippen molar-refractivity contribution in [3.63, 3.8) is 0 Å². The minimum absolute atomic E-state index is 0.0589. The summed E-state index contributed by atoms with van der Waals surface area (Å²) in [6.45, 7) is 0. The van der Waals surface area contributed by atoms with Gasteiger partial charge in [0.1, 0.15) is 10.8 Å². The number of hydrogen-bond acceptors (Lipinski definition) is 1. The monoisotopic (exact) mass is 178 g/mol. The van der Waals surface area contributed by atoms with Crippen molar-refractivity contribution in [1.82, 2.24) is 0 Å². The topological polar surface area (TPSA) is 9.23 Å². The second-order valence-electron chi connectivity index (χ2n) is 1.88. The van der Waals surface area contributed by atoms with Gasteiger partial charge in [-0.1, -0.05) is 11.6 Å². The van der Waals surface area contributed by atoms with Crippen molar-refractivity contribution < 1.29 is 13.5 Å². The van der Waals surface area contributed by atoms with Crippen LogP contribution in [0.2, 0.25) is 5.02 Å². The lowest BCUT2D eigenvalue weighted by Gasteiger charge is -2.02. The summed E-state index contributed by atoms with van der Waals surface area (Å²) in [6.07, 6.45) is 0. The zero-order chi connectivity index (χ0) is 8.43. The average molecular weight is 179 g/mol. The number of rotatable bonds is 1. The second-order valence-corrected chi connectivity index (χ2v) is 2.26. The second kappa shape index (κ2) is 3.05. The van der Waals surface area contributed by atoms with Crippen LogP contribution in [-0.2, 0) is 0 Å². The fourth-order valence-corrected chi connectivity index (χ4v) is 0.822. The molecule has 0 bridgehead atoms. The molecule has 0 unspecified atom stereocenters. The highest BCUT2D eigenvalue weighted by atomic mass is 35.5. The number of hydrogen-bond donors (Lipinski definition) is 0. The molecular weight excluding hydrogens is 174 g/mol. The summed E-state index contributed by atoms with van der Waals surface area (Å²) >= 11 is 5.23. The lowest BCUT2D eigenvalue weighted by Crippen LogP contribution is -1.90. The predicted molar refractivity (Wildman–Crippen MR) is 37.9 cm³/mol. The molecule has 0 N–H and O–H groups in total. The first-order valence-electron chi connectivity index (χ1n) is 2.84. The van der Waals surface area contributed by atoms with E-state index in [1.165, 1.54) is 13.2 Å². The largest absolute Gasteiger partial charge is 0.494 e. The van der Waals surface area contributed by atoms with Crippen molar-refractivity contribution in [2.45, 2.75) is 0 Å². The molecule has 0 heterocycles. The highest BCUT2D eigenvalue weighted by Crippen LogP contribution is 2.26. The van der Waals surface area contributed by atoms with E-state index in [9.17, 15) is 8.78 Å². The molecular formula is C7H5ClF2O. The van der Waals surface area contributed by atoms with Gasteiger partial charge < -0.3 is 4.74 Å². The van der Waals surface area contributed by atoms with Crippen LogP contribution in [0.25, 0.3) is 0 Å². The van der Waals surface area contributed by atoms with Gasteiger partial charge in [0.15, 0.2) is 11.6 Å². The molecule has 0 aliphatic heterocycles. The van der Waals surface area contributed by atoms with Gasteiger partial charge in [-0.15, -0.1) is 0 Å². The molecule has 0 amide bonds. The molecule has 0 saturated carbocycles. The Morgan fingerprint density at radius 1 is 1.36 bits per heavy atom. The normalized spacial score (nSPS) is 9.82. The zero-order valence-corrected chi connectivity index (χ0v) is 6.45. The molecule has 0 spiro atoms. The quantitative estimate of drug-likeness (QED) is 0.601. The van der Waals surface area contributed by atoms with Gasteiger partial charge >= 0.3 is 0 Å². The van der Waals surface area contributed by atoms with Gasteiger partial charge in [-0.25, -0.2) is 8.78 Å². The van der Waals surface area contributed by atoms with Gasteiger partial charge in [0, 0.05) is 0 Å². The molecule has 0 saturated heterocycles. The van der Waals surface area contributed by atoms with Gasteiger partial charge in [0.25, 0.3) is 0 Å². The summed E-state index contributed by atoms with van der Waals surface area (Å²) in [4.78, 5) is 0. The van der Waals surface area contributed by atoms with Crippen LogP contribution in [0.15, 0.2) is 12.1 Å². The summed E-state index contributed by atoms with van der Waals surface area (Å²) in [6, 6.07) is 2.22. The molecule has 1 rings (SSSR count). The van der Waals surface area contributed by atoms with Gasteiger partial charge in [-0.05, 0) is 12.1 Å². The third-order valence-electron chi connectivity index (χ3n) is 1.22. The SMILES string of the molecule is COc1ccc(F)c(Cl)c1F. The van der Waals surface area contributed by atoms with E-state index in [-0.39, 0.29) is 5.75 Å². The smallest absolute Gasteiger partial charge is 0.186 e. The van der Waals surface area contributed by atoms with Crippen LogP contribution in [0.4, 0.5) is 8.78 Å². The summed E-state index contributed by atoms with van der Waals surface area (Å²) in [5, 5.41) is -0.538. The van der Waals surface area contributed by atoms with Crippen LogP contribution in [0.5, 0.6) is 5.75 Å². The Kier molecular flexibility index (Phi) is 2.29. The highest BCUT2D eigenvalue weighted by Gasteiger charge is 2.10. The van der Waals surface area contributed by atoms with Crippen LogP contribution in [0, 0.1) is 11.6 Å². The Bertz CT molecular complexity index is 275. The van der Waals surface area contributed by atoms with Crippen LogP contribution < -0.4 is 4.74 Å². The van der Waals surface area contributed by atoms with Gasteiger partial charge in [0.05, 0.1) is 7.11 Å². The van der Waals surface area contributed by atoms with E-state index in [0.29, 0.717) is 0 Å². The van der Waals surface area contributed by atoms with Crippen molar-refractivity contribution in [3.05, 3.63) is 28.8 Å². The third-order valence-corrected chi connectivity index (χ3v) is 1.57. The van der Waals surface area contributed by atoms with Crippen molar-refractivity contribution in [3.8, 4) is 5.75 Å². The van der Waals surface area contributed by atoms with Crippen LogP contribution in [0.3, 0.4) is 0 Å². The highest BCUT2D eigenvalue weighted by molar-refractivity contribution is 6.31. The number of methoxy groups -OCH3 is 1. The average Bonchev–Trinajstić information content (AvgIpc) is 2.01. The molecule has 11 heavy (non-hydrogen) atoms. The molecule has 0 fully saturated rings. The molecule has 4 heteroatoms. The van der Waals surface area contributed by atoms with Crippen LogP contribution >= 0.6 is 11.6 Å². The molecule has 0 aliphatic carbocycles. The maximum absolute atomic E-state index is 12.8. The lowest BCUT2D eigenvalue weighted by atomic mass is 10.3. The minimum Gasteiger partial charge on any atom is -0.494 e. The maximum Gasteiger partial charge on any atom is 0.186 e. The number of benzene rings is 1. The van der Waals surface area contributed by atoms with E-state index in [0.717, 1.165) is 6.07 Å². The Balaban J connectivity index is 3.25. The molecule has 0 aliphatic rings. The fourth-order valence-electron chi connectivity index (χ4n) is 0.666. The first-order chi connectivity index (χ1) is 5.16. The number of halogens is 3. The first-order valence-corrected chi connectivity index (χ1v) is 3.22. The Morgan fingerprint density at radius 3 is 2.55 bits per heavy atom. The first kappa shape index (κ1) is 8.27. The number of ether oxygens (including phenoxy) is 1. The summed E-state index contributed by atoms with van der Waals surface area (Å²) in [7, 11) is 1.28. The van der Waals surface area contributed by atoms with Gasteiger partial charge in [0.2, 0.25) is 0 Å². The van der Waals surface area contributed by atoms with E-state index < -0.39 is 16.7 Å². The predicted octanol–water partition coefficient (Wildman–Crippen LogP) is 2.63. The van der Waals surface area contributed by atoms with Crippen molar-refractivity contribution in [1.29, 1.82) is 0 Å². The maximum atomic E-state index is 12.8. The Morgan fingerprint density at radius 2 is 2.00 bits per heavy atom.